The Morgan fingerprint density at radius 3 is 2.75 bits per heavy atom. The van der Waals surface area contributed by atoms with Gasteiger partial charge in [-0.3, -0.25) is 0 Å². The molecule has 0 aliphatic rings. The summed E-state index contributed by atoms with van der Waals surface area (Å²) in [4.78, 5) is 11.9. The van der Waals surface area contributed by atoms with Crippen molar-refractivity contribution in [1.82, 2.24) is 0 Å². The molecule has 0 aliphatic carbocycles. The number of carbonyl (C=O) groups is 1. The molecule has 1 atom stereocenters. The number of hydrogen-bond donors (Lipinski definition) is 1. The van der Waals surface area contributed by atoms with E-state index in [1.54, 1.807) is 18.7 Å². The summed E-state index contributed by atoms with van der Waals surface area (Å²) in [5, 5.41) is 3.08. The largest absolute Gasteiger partial charge is 0.464 e. The summed E-state index contributed by atoms with van der Waals surface area (Å²) >= 11 is 1.77. The summed E-state index contributed by atoms with van der Waals surface area (Å²) in [7, 11) is 0. The zero-order valence-corrected chi connectivity index (χ0v) is 13.1. The smallest absolute Gasteiger partial charge is 0.328 e. The number of ether oxygens (including phenoxy) is 1. The van der Waals surface area contributed by atoms with E-state index >= 15 is 0 Å². The van der Waals surface area contributed by atoms with E-state index in [1.807, 2.05) is 13.0 Å². The summed E-state index contributed by atoms with van der Waals surface area (Å²) < 4.78 is 18.4. The van der Waals surface area contributed by atoms with Crippen molar-refractivity contribution in [3.05, 3.63) is 29.6 Å². The van der Waals surface area contributed by atoms with Crippen molar-refractivity contribution in [3.63, 3.8) is 0 Å². The van der Waals surface area contributed by atoms with Gasteiger partial charge in [-0.1, -0.05) is 6.92 Å². The van der Waals surface area contributed by atoms with Gasteiger partial charge in [0.15, 0.2) is 0 Å². The molecule has 0 radical (unpaired) electrons. The van der Waals surface area contributed by atoms with Crippen LogP contribution < -0.4 is 5.32 Å². The summed E-state index contributed by atoms with van der Waals surface area (Å²) in [6.45, 7) is 6.02. The minimum Gasteiger partial charge on any atom is -0.464 e. The van der Waals surface area contributed by atoms with Gasteiger partial charge in [-0.25, -0.2) is 9.18 Å². The fraction of sp³-hybridized carbons (Fsp3) is 0.533. The van der Waals surface area contributed by atoms with Crippen LogP contribution in [0.25, 0.3) is 0 Å². The Balaban J connectivity index is 2.73. The van der Waals surface area contributed by atoms with Crippen LogP contribution in [0.15, 0.2) is 18.2 Å². The van der Waals surface area contributed by atoms with E-state index in [-0.39, 0.29) is 11.8 Å². The third-order valence-corrected chi connectivity index (χ3v) is 3.64. The van der Waals surface area contributed by atoms with Gasteiger partial charge < -0.3 is 10.1 Å². The molecule has 0 aliphatic heterocycles. The van der Waals surface area contributed by atoms with Crippen molar-refractivity contribution in [1.29, 1.82) is 0 Å². The van der Waals surface area contributed by atoms with Gasteiger partial charge in [0.25, 0.3) is 0 Å². The van der Waals surface area contributed by atoms with E-state index in [0.29, 0.717) is 18.7 Å². The van der Waals surface area contributed by atoms with Crippen molar-refractivity contribution < 1.29 is 13.9 Å². The van der Waals surface area contributed by atoms with Gasteiger partial charge in [-0.05, 0) is 55.5 Å². The first kappa shape index (κ1) is 16.8. The minimum absolute atomic E-state index is 0.286. The molecule has 1 aromatic rings. The number of hydrogen-bond acceptors (Lipinski definition) is 4. The Hall–Kier alpha value is -1.23. The highest BCUT2D eigenvalue weighted by atomic mass is 32.2. The molecule has 0 fully saturated rings. The van der Waals surface area contributed by atoms with Crippen LogP contribution >= 0.6 is 11.8 Å². The predicted octanol–water partition coefficient (Wildman–Crippen LogP) is 3.62. The Labute approximate surface area is 124 Å². The second kappa shape index (κ2) is 8.84. The third kappa shape index (κ3) is 5.82. The van der Waals surface area contributed by atoms with Gasteiger partial charge in [-0.2, -0.15) is 11.8 Å². The highest BCUT2D eigenvalue weighted by Crippen LogP contribution is 2.17. The molecule has 1 aromatic carbocycles. The molecule has 0 bridgehead atoms. The van der Waals surface area contributed by atoms with Gasteiger partial charge >= 0.3 is 5.97 Å². The van der Waals surface area contributed by atoms with Gasteiger partial charge in [-0.15, -0.1) is 0 Å². The molecule has 0 aromatic heterocycles. The molecular formula is C15H22FNO2S. The number of anilines is 1. The first-order valence-corrected chi connectivity index (χ1v) is 8.00. The lowest BCUT2D eigenvalue weighted by molar-refractivity contribution is -0.144. The summed E-state index contributed by atoms with van der Waals surface area (Å²) in [6, 6.07) is 4.24. The summed E-state index contributed by atoms with van der Waals surface area (Å²) in [6.07, 6.45) is 0.660. The van der Waals surface area contributed by atoms with Crippen LogP contribution in [0.5, 0.6) is 0 Å². The number of rotatable bonds is 8. The Morgan fingerprint density at radius 1 is 1.40 bits per heavy atom. The number of halogens is 1. The van der Waals surface area contributed by atoms with Crippen LogP contribution in [0, 0.1) is 12.7 Å². The average molecular weight is 299 g/mol. The lowest BCUT2D eigenvalue weighted by Crippen LogP contribution is -2.32. The molecule has 0 saturated heterocycles. The number of carbonyl (C=O) groups excluding carboxylic acids is 1. The SMILES string of the molecule is CCOC(=O)C(CCSCC)Nc1cc(C)cc(F)c1. The van der Waals surface area contributed by atoms with E-state index in [0.717, 1.165) is 17.1 Å². The molecule has 1 unspecified atom stereocenters. The fourth-order valence-corrected chi connectivity index (χ4v) is 2.55. The number of aryl methyl sites for hydroxylation is 1. The molecule has 1 rings (SSSR count). The Bertz CT molecular complexity index is 420. The van der Waals surface area contributed by atoms with Crippen LogP contribution in [-0.2, 0) is 9.53 Å². The Kier molecular flexibility index (Phi) is 7.44. The molecule has 1 N–H and O–H groups in total. The molecule has 20 heavy (non-hydrogen) atoms. The highest BCUT2D eigenvalue weighted by molar-refractivity contribution is 7.99. The predicted molar refractivity (Wildman–Crippen MR) is 82.8 cm³/mol. The number of esters is 1. The second-order valence-corrected chi connectivity index (χ2v) is 5.85. The van der Waals surface area contributed by atoms with E-state index in [2.05, 4.69) is 12.2 Å². The van der Waals surface area contributed by atoms with E-state index < -0.39 is 6.04 Å². The molecule has 5 heteroatoms. The molecule has 112 valence electrons. The van der Waals surface area contributed by atoms with Gasteiger partial charge in [0.1, 0.15) is 11.9 Å². The molecule has 3 nitrogen and oxygen atoms in total. The van der Waals surface area contributed by atoms with Crippen LogP contribution in [0.1, 0.15) is 25.8 Å². The number of thioether (sulfide) groups is 1. The van der Waals surface area contributed by atoms with Crippen LogP contribution in [0.3, 0.4) is 0 Å². The number of nitrogens with one attached hydrogen (secondary N) is 1. The number of benzene rings is 1. The van der Waals surface area contributed by atoms with Gasteiger partial charge in [0.2, 0.25) is 0 Å². The molecule has 0 spiro atoms. The lowest BCUT2D eigenvalue weighted by Gasteiger charge is -2.18. The van der Waals surface area contributed by atoms with Crippen molar-refractivity contribution in [2.24, 2.45) is 0 Å². The normalized spacial score (nSPS) is 12.0. The Morgan fingerprint density at radius 2 is 2.15 bits per heavy atom. The monoisotopic (exact) mass is 299 g/mol. The highest BCUT2D eigenvalue weighted by Gasteiger charge is 2.19. The van der Waals surface area contributed by atoms with E-state index in [1.165, 1.54) is 12.1 Å². The second-order valence-electron chi connectivity index (χ2n) is 4.45. The average Bonchev–Trinajstić information content (AvgIpc) is 2.37. The topological polar surface area (TPSA) is 38.3 Å². The van der Waals surface area contributed by atoms with Crippen LogP contribution in [0.4, 0.5) is 10.1 Å². The first-order valence-electron chi connectivity index (χ1n) is 6.85. The van der Waals surface area contributed by atoms with Crippen LogP contribution in [-0.4, -0.2) is 30.1 Å². The quantitative estimate of drug-likeness (QED) is 0.588. The molecule has 0 heterocycles. The van der Waals surface area contributed by atoms with E-state index in [4.69, 9.17) is 4.74 Å². The molecule has 0 saturated carbocycles. The van der Waals surface area contributed by atoms with Crippen molar-refractivity contribution >= 4 is 23.4 Å². The van der Waals surface area contributed by atoms with Crippen molar-refractivity contribution in [2.75, 3.05) is 23.4 Å². The minimum atomic E-state index is -0.435. The fourth-order valence-electron chi connectivity index (χ4n) is 1.86. The maximum absolute atomic E-state index is 13.4. The maximum Gasteiger partial charge on any atom is 0.328 e. The lowest BCUT2D eigenvalue weighted by atomic mass is 10.1. The molecular weight excluding hydrogens is 277 g/mol. The third-order valence-electron chi connectivity index (χ3n) is 2.71. The van der Waals surface area contributed by atoms with Crippen molar-refractivity contribution in [2.45, 2.75) is 33.2 Å². The maximum atomic E-state index is 13.4. The molecule has 0 amide bonds. The van der Waals surface area contributed by atoms with Gasteiger partial charge in [0, 0.05) is 5.69 Å². The summed E-state index contributed by atoms with van der Waals surface area (Å²) in [5.74, 6) is 1.28. The van der Waals surface area contributed by atoms with Crippen LogP contribution in [0.2, 0.25) is 0 Å². The standard InChI is InChI=1S/C15H22FNO2S/c1-4-19-15(18)14(6-7-20-5-2)17-13-9-11(3)8-12(16)10-13/h8-10,14,17H,4-7H2,1-3H3. The zero-order chi connectivity index (χ0) is 15.0. The van der Waals surface area contributed by atoms with E-state index in [9.17, 15) is 9.18 Å². The van der Waals surface area contributed by atoms with Crippen molar-refractivity contribution in [3.8, 4) is 0 Å². The summed E-state index contributed by atoms with van der Waals surface area (Å²) in [5.41, 5.74) is 1.43. The van der Waals surface area contributed by atoms with Gasteiger partial charge in [0.05, 0.1) is 6.61 Å². The first-order chi connectivity index (χ1) is 9.56. The zero-order valence-electron chi connectivity index (χ0n) is 12.2.